The van der Waals surface area contributed by atoms with Gasteiger partial charge >= 0.3 is 0 Å². The van der Waals surface area contributed by atoms with E-state index in [1.54, 1.807) is 0 Å². The summed E-state index contributed by atoms with van der Waals surface area (Å²) in [5.41, 5.74) is 14.1. The number of para-hydroxylation sites is 4. The summed E-state index contributed by atoms with van der Waals surface area (Å²) in [6.45, 7) is 0. The van der Waals surface area contributed by atoms with Gasteiger partial charge in [0.15, 0.2) is 19.7 Å². The first-order chi connectivity index (χ1) is 40.2. The fourth-order valence-corrected chi connectivity index (χ4v) is 17.3. The summed E-state index contributed by atoms with van der Waals surface area (Å²) < 4.78 is 4.56. The zero-order chi connectivity index (χ0) is 53.7. The van der Waals surface area contributed by atoms with E-state index in [4.69, 9.17) is 15.0 Å². The molecule has 380 valence electrons. The van der Waals surface area contributed by atoms with Gasteiger partial charge < -0.3 is 4.57 Å². The number of fused-ring (bicyclic) bond motifs is 6. The van der Waals surface area contributed by atoms with Gasteiger partial charge in [-0.3, -0.25) is 4.57 Å². The lowest BCUT2D eigenvalue weighted by molar-refractivity contribution is 0.953. The average Bonchev–Trinajstić information content (AvgIpc) is 4.22. The van der Waals surface area contributed by atoms with Crippen LogP contribution in [0.15, 0.2) is 309 Å². The van der Waals surface area contributed by atoms with Crippen molar-refractivity contribution < 1.29 is 0 Å². The maximum absolute atomic E-state index is 5.58. The number of aromatic nitrogens is 5. The van der Waals surface area contributed by atoms with Gasteiger partial charge in [0.25, 0.3) is 0 Å². The lowest BCUT2D eigenvalue weighted by atomic mass is 10.1. The number of rotatable bonds is 11. The molecule has 0 radical (unpaired) electrons. The average molecular weight is 1050 g/mol. The Hall–Kier alpha value is -10.5. The van der Waals surface area contributed by atoms with Crippen molar-refractivity contribution in [1.82, 2.24) is 24.1 Å². The molecule has 12 aromatic carbocycles. The van der Waals surface area contributed by atoms with E-state index in [9.17, 15) is 0 Å². The van der Waals surface area contributed by atoms with Crippen molar-refractivity contribution >= 4 is 72.4 Å². The number of hydrogen-bond acceptors (Lipinski definition) is 3. The van der Waals surface area contributed by atoms with Crippen LogP contribution in [0.4, 0.5) is 0 Å². The molecular weight excluding hydrogens is 999 g/mol. The topological polar surface area (TPSA) is 48.5 Å². The highest BCUT2D eigenvalue weighted by atomic mass is 28.3. The Bertz CT molecular complexity index is 4530. The first-order valence-corrected chi connectivity index (χ1v) is 29.6. The third-order valence-electron chi connectivity index (χ3n) is 16.1. The van der Waals surface area contributed by atoms with Gasteiger partial charge in [-0.05, 0) is 90.5 Å². The van der Waals surface area contributed by atoms with Gasteiger partial charge in [0.05, 0.1) is 22.1 Å². The molecular formula is C75H51N5Si. The Morgan fingerprint density at radius 3 is 0.914 bits per heavy atom. The quantitative estimate of drug-likeness (QED) is 0.0958. The zero-order valence-electron chi connectivity index (χ0n) is 44.2. The molecule has 0 amide bonds. The number of nitrogens with zero attached hydrogens (tertiary/aromatic N) is 5. The molecule has 0 aliphatic heterocycles. The van der Waals surface area contributed by atoms with Crippen LogP contribution in [0.2, 0.25) is 0 Å². The Morgan fingerprint density at radius 1 is 0.222 bits per heavy atom. The van der Waals surface area contributed by atoms with Gasteiger partial charge in [-0.15, -0.1) is 0 Å². The second-order valence-electron chi connectivity index (χ2n) is 20.7. The molecule has 0 atom stereocenters. The first kappa shape index (κ1) is 47.7. The van der Waals surface area contributed by atoms with Crippen LogP contribution < -0.4 is 20.7 Å². The molecule has 0 unspecified atom stereocenters. The molecule has 3 aromatic heterocycles. The zero-order valence-corrected chi connectivity index (χ0v) is 45.2. The second-order valence-corrected chi connectivity index (χ2v) is 24.6. The standard InChI is InChI=1S/C75H51N5Si/c1-4-23-52(24-5-1)55-29-19-35-61(48-55)81(62-36-20-30-56(49-62)53-25-6-2-7-26-53,63-37-21-31-57(50-63)54-27-8-3-9-28-54)64-38-22-33-59(51-64)74-76-73(77-75(78-74)80-71-45-16-12-41-67(71)68-42-13-17-46-72(68)80)58-32-18-34-60(47-58)79-69-43-14-10-39-65(69)66-40-11-15-44-70(66)79/h1-51H. The maximum Gasteiger partial charge on any atom is 0.238 e. The molecule has 0 N–H and O–H groups in total. The summed E-state index contributed by atoms with van der Waals surface area (Å²) >= 11 is 0. The molecule has 0 fully saturated rings. The van der Waals surface area contributed by atoms with Crippen LogP contribution in [-0.4, -0.2) is 32.2 Å². The molecule has 0 aliphatic rings. The van der Waals surface area contributed by atoms with Crippen molar-refractivity contribution in [2.75, 3.05) is 0 Å². The second kappa shape index (κ2) is 20.0. The summed E-state index contributed by atoms with van der Waals surface area (Å²) in [4.78, 5) is 16.6. The Labute approximate surface area is 471 Å². The van der Waals surface area contributed by atoms with E-state index in [0.29, 0.717) is 17.6 Å². The SMILES string of the molecule is c1ccc(-c2cccc([Si](c3cccc(-c4ccccc4)c3)(c3cccc(-c4ccccc4)c3)c3cccc(-c4nc(-c5cccc(-n6c7ccccc7c7ccccc76)c5)nc(-n5c6ccccc6c6ccccc65)n4)c3)c2)cc1. The molecule has 6 heteroatoms. The van der Waals surface area contributed by atoms with Gasteiger partial charge in [0, 0.05) is 38.4 Å². The minimum Gasteiger partial charge on any atom is -0.309 e. The number of hydrogen-bond donors (Lipinski definition) is 0. The van der Waals surface area contributed by atoms with Crippen LogP contribution in [0, 0.1) is 0 Å². The van der Waals surface area contributed by atoms with E-state index in [0.717, 1.165) is 49.7 Å². The van der Waals surface area contributed by atoms with Gasteiger partial charge in [-0.25, -0.2) is 4.98 Å². The summed E-state index contributed by atoms with van der Waals surface area (Å²) in [7, 11) is -3.34. The highest BCUT2D eigenvalue weighted by Gasteiger charge is 2.42. The predicted octanol–water partition coefficient (Wildman–Crippen LogP) is 15.8. The molecule has 81 heavy (non-hydrogen) atoms. The molecule has 0 saturated carbocycles. The van der Waals surface area contributed by atoms with E-state index >= 15 is 0 Å². The summed E-state index contributed by atoms with van der Waals surface area (Å²) in [5.74, 6) is 1.71. The Morgan fingerprint density at radius 2 is 0.519 bits per heavy atom. The Balaban J connectivity index is 1.000. The smallest absolute Gasteiger partial charge is 0.238 e. The van der Waals surface area contributed by atoms with E-state index in [-0.39, 0.29) is 0 Å². The third-order valence-corrected chi connectivity index (χ3v) is 20.8. The van der Waals surface area contributed by atoms with Crippen LogP contribution in [-0.2, 0) is 0 Å². The fourth-order valence-electron chi connectivity index (χ4n) is 12.4. The Kier molecular flexibility index (Phi) is 11.8. The van der Waals surface area contributed by atoms with Crippen molar-refractivity contribution in [3.05, 3.63) is 309 Å². The molecule has 0 spiro atoms. The maximum atomic E-state index is 5.58. The fraction of sp³-hybridized carbons (Fsp3) is 0. The molecule has 15 aromatic rings. The monoisotopic (exact) mass is 1050 g/mol. The summed E-state index contributed by atoms with van der Waals surface area (Å²) in [5, 5.41) is 9.68. The van der Waals surface area contributed by atoms with Crippen LogP contribution in [0.3, 0.4) is 0 Å². The molecule has 15 rings (SSSR count). The predicted molar refractivity (Wildman–Crippen MR) is 339 cm³/mol. The van der Waals surface area contributed by atoms with E-state index < -0.39 is 8.07 Å². The van der Waals surface area contributed by atoms with Gasteiger partial charge in [0.2, 0.25) is 5.95 Å². The van der Waals surface area contributed by atoms with Crippen molar-refractivity contribution in [1.29, 1.82) is 0 Å². The highest BCUT2D eigenvalue weighted by Crippen LogP contribution is 2.36. The minimum atomic E-state index is -3.34. The molecule has 0 bridgehead atoms. The molecule has 3 heterocycles. The third kappa shape index (κ3) is 8.28. The summed E-state index contributed by atoms with van der Waals surface area (Å²) in [6, 6.07) is 112. The first-order valence-electron chi connectivity index (χ1n) is 27.6. The van der Waals surface area contributed by atoms with E-state index in [1.165, 1.54) is 64.9 Å². The molecule has 0 saturated heterocycles. The van der Waals surface area contributed by atoms with Crippen LogP contribution in [0.25, 0.3) is 111 Å². The van der Waals surface area contributed by atoms with E-state index in [1.807, 2.05) is 0 Å². The van der Waals surface area contributed by atoms with Crippen LogP contribution in [0.1, 0.15) is 0 Å². The molecule has 0 aliphatic carbocycles. The van der Waals surface area contributed by atoms with Gasteiger partial charge in [-0.2, -0.15) is 9.97 Å². The lowest BCUT2D eigenvalue weighted by Crippen LogP contribution is -2.74. The van der Waals surface area contributed by atoms with Crippen LogP contribution in [0.5, 0.6) is 0 Å². The van der Waals surface area contributed by atoms with Gasteiger partial charge in [-0.1, -0.05) is 273 Å². The highest BCUT2D eigenvalue weighted by molar-refractivity contribution is 7.20. The minimum absolute atomic E-state index is 0.547. The lowest BCUT2D eigenvalue weighted by Gasteiger charge is -2.35. The largest absolute Gasteiger partial charge is 0.309 e. The molecule has 5 nitrogen and oxygen atoms in total. The van der Waals surface area contributed by atoms with Crippen molar-refractivity contribution in [2.24, 2.45) is 0 Å². The van der Waals surface area contributed by atoms with Crippen molar-refractivity contribution in [3.8, 4) is 67.8 Å². The number of benzene rings is 12. The van der Waals surface area contributed by atoms with Gasteiger partial charge in [0.1, 0.15) is 0 Å². The van der Waals surface area contributed by atoms with Crippen LogP contribution >= 0.6 is 0 Å². The summed E-state index contributed by atoms with van der Waals surface area (Å²) in [6.07, 6.45) is 0. The van der Waals surface area contributed by atoms with E-state index in [2.05, 4.69) is 319 Å². The van der Waals surface area contributed by atoms with Crippen molar-refractivity contribution in [2.45, 2.75) is 0 Å². The van der Waals surface area contributed by atoms with Crippen molar-refractivity contribution in [3.63, 3.8) is 0 Å². The normalized spacial score (nSPS) is 11.7.